The van der Waals surface area contributed by atoms with E-state index in [9.17, 15) is 14.4 Å². The average Bonchev–Trinajstić information content (AvgIpc) is 3.39. The molecule has 2 heterocycles. The third-order valence-corrected chi connectivity index (χ3v) is 9.72. The topological polar surface area (TPSA) is 134 Å². The molecule has 1 unspecified atom stereocenters. The van der Waals surface area contributed by atoms with Crippen LogP contribution < -0.4 is 20.1 Å². The van der Waals surface area contributed by atoms with E-state index in [0.29, 0.717) is 29.7 Å². The minimum Gasteiger partial charge on any atom is -0.497 e. The Morgan fingerprint density at radius 2 is 1.55 bits per heavy atom. The first kappa shape index (κ1) is 36.6. The van der Waals surface area contributed by atoms with Crippen LogP contribution in [0, 0.1) is 0 Å². The standard InChI is InChI=1S/C35H55N3O9/c1-24(10-8-6-5-7-9-11-30-29-22-28(43-3)23-31(44-4)32(29)33(39)47-30)38-18-16-26(17-19-38)37-35(41)46-27-14-12-25(13-15-27)36-34(40)45-21-20-42-2/h22-27,30H,5-21H2,1-4H3,(H,36,40)(H,37,41)/t24?,25?,27?,30-/m1/s1. The van der Waals surface area contributed by atoms with E-state index in [4.69, 9.17) is 28.4 Å². The summed E-state index contributed by atoms with van der Waals surface area (Å²) in [6.07, 6.45) is 11.3. The smallest absolute Gasteiger partial charge is 0.407 e. The second kappa shape index (κ2) is 18.9. The third kappa shape index (κ3) is 11.2. The normalized spacial score (nSPS) is 22.1. The van der Waals surface area contributed by atoms with Gasteiger partial charge in [-0.05, 0) is 70.8 Å². The van der Waals surface area contributed by atoms with E-state index in [1.807, 2.05) is 6.07 Å². The Morgan fingerprint density at radius 3 is 2.26 bits per heavy atom. The lowest BCUT2D eigenvalue weighted by molar-refractivity contribution is 0.0361. The number of likely N-dealkylation sites (tertiary alicyclic amines) is 1. The van der Waals surface area contributed by atoms with Crippen molar-refractivity contribution in [1.82, 2.24) is 15.5 Å². The summed E-state index contributed by atoms with van der Waals surface area (Å²) < 4.78 is 32.1. The number of benzene rings is 1. The number of carbonyl (C=O) groups is 3. The summed E-state index contributed by atoms with van der Waals surface area (Å²) in [6.45, 7) is 4.85. The Hall–Kier alpha value is -3.25. The summed E-state index contributed by atoms with van der Waals surface area (Å²) >= 11 is 0. The van der Waals surface area contributed by atoms with E-state index in [0.717, 1.165) is 89.3 Å². The van der Waals surface area contributed by atoms with Crippen LogP contribution in [0.2, 0.25) is 0 Å². The molecule has 0 aromatic heterocycles. The van der Waals surface area contributed by atoms with E-state index in [-0.39, 0.29) is 43.0 Å². The number of hydrogen-bond donors (Lipinski definition) is 2. The van der Waals surface area contributed by atoms with Crippen molar-refractivity contribution in [2.75, 3.05) is 47.6 Å². The van der Waals surface area contributed by atoms with Crippen molar-refractivity contribution in [2.45, 2.75) is 121 Å². The number of fused-ring (bicyclic) bond motifs is 1. The van der Waals surface area contributed by atoms with Gasteiger partial charge in [-0.2, -0.15) is 0 Å². The number of ether oxygens (including phenoxy) is 6. The predicted octanol–water partition coefficient (Wildman–Crippen LogP) is 5.91. The number of nitrogens with one attached hydrogen (secondary N) is 2. The van der Waals surface area contributed by atoms with Crippen LogP contribution in [0.4, 0.5) is 9.59 Å². The van der Waals surface area contributed by atoms with Crippen molar-refractivity contribution < 1.29 is 42.8 Å². The highest BCUT2D eigenvalue weighted by Crippen LogP contribution is 2.41. The third-order valence-electron chi connectivity index (χ3n) is 9.72. The van der Waals surface area contributed by atoms with Crippen LogP contribution in [0.3, 0.4) is 0 Å². The molecule has 1 aromatic rings. The quantitative estimate of drug-likeness (QED) is 0.118. The van der Waals surface area contributed by atoms with Gasteiger partial charge < -0.3 is 44.0 Å². The van der Waals surface area contributed by atoms with Gasteiger partial charge in [0.05, 0.1) is 20.8 Å². The highest BCUT2D eigenvalue weighted by molar-refractivity contribution is 5.97. The number of rotatable bonds is 17. The fourth-order valence-electron chi connectivity index (χ4n) is 6.90. The molecule has 2 aliphatic heterocycles. The molecule has 264 valence electrons. The zero-order valence-electron chi connectivity index (χ0n) is 28.7. The molecule has 1 saturated heterocycles. The molecule has 0 spiro atoms. The minimum absolute atomic E-state index is 0.0405. The molecule has 2 amide bonds. The van der Waals surface area contributed by atoms with Crippen molar-refractivity contribution in [3.8, 4) is 11.5 Å². The Labute approximate surface area is 279 Å². The maximum atomic E-state index is 12.6. The Kier molecular flexibility index (Phi) is 14.7. The highest BCUT2D eigenvalue weighted by Gasteiger charge is 2.34. The average molecular weight is 662 g/mol. The first-order chi connectivity index (χ1) is 22.8. The minimum atomic E-state index is -0.428. The van der Waals surface area contributed by atoms with Crippen molar-refractivity contribution in [2.24, 2.45) is 0 Å². The van der Waals surface area contributed by atoms with Crippen molar-refractivity contribution in [1.29, 1.82) is 0 Å². The van der Waals surface area contributed by atoms with Gasteiger partial charge in [-0.25, -0.2) is 14.4 Å². The number of methoxy groups -OCH3 is 3. The van der Waals surface area contributed by atoms with Crippen molar-refractivity contribution in [3.05, 3.63) is 23.3 Å². The highest BCUT2D eigenvalue weighted by atomic mass is 16.6. The van der Waals surface area contributed by atoms with Gasteiger partial charge in [0, 0.05) is 50.0 Å². The van der Waals surface area contributed by atoms with Gasteiger partial charge in [-0.15, -0.1) is 0 Å². The SMILES string of the molecule is COCCOC(=O)NC1CCC(OC(=O)NC2CCN(C(C)CCCCCCC[C@H]3OC(=O)c4c(OC)cc(OC)cc43)CC2)CC1. The molecule has 12 heteroatoms. The van der Waals surface area contributed by atoms with Crippen molar-refractivity contribution in [3.63, 3.8) is 0 Å². The largest absolute Gasteiger partial charge is 0.497 e. The summed E-state index contributed by atoms with van der Waals surface area (Å²) in [7, 11) is 4.72. The zero-order valence-corrected chi connectivity index (χ0v) is 28.7. The van der Waals surface area contributed by atoms with Gasteiger partial charge in [-0.3, -0.25) is 0 Å². The summed E-state index contributed by atoms with van der Waals surface area (Å²) in [5.74, 6) is 0.853. The number of amides is 2. The van der Waals surface area contributed by atoms with Gasteiger partial charge in [0.15, 0.2) is 0 Å². The molecule has 2 N–H and O–H groups in total. The van der Waals surface area contributed by atoms with Gasteiger partial charge >= 0.3 is 18.2 Å². The molecule has 0 radical (unpaired) electrons. The maximum Gasteiger partial charge on any atom is 0.407 e. The molecule has 1 aromatic carbocycles. The fourth-order valence-corrected chi connectivity index (χ4v) is 6.90. The number of carbonyl (C=O) groups excluding carboxylic acids is 3. The number of nitrogens with zero attached hydrogens (tertiary/aromatic N) is 1. The van der Waals surface area contributed by atoms with Crippen molar-refractivity contribution >= 4 is 18.2 Å². The number of alkyl carbamates (subject to hydrolysis) is 2. The summed E-state index contributed by atoms with van der Waals surface area (Å²) in [5.41, 5.74) is 1.39. The van der Waals surface area contributed by atoms with Gasteiger partial charge in [0.2, 0.25) is 0 Å². The second-order valence-corrected chi connectivity index (χ2v) is 13.0. The number of hydrogen-bond acceptors (Lipinski definition) is 10. The fraction of sp³-hybridized carbons (Fsp3) is 0.743. The van der Waals surface area contributed by atoms with Gasteiger partial charge in [0.25, 0.3) is 0 Å². The van der Waals surface area contributed by atoms with Crippen LogP contribution in [0.15, 0.2) is 12.1 Å². The van der Waals surface area contributed by atoms with E-state index in [2.05, 4.69) is 22.5 Å². The second-order valence-electron chi connectivity index (χ2n) is 13.0. The number of esters is 1. The molecular weight excluding hydrogens is 606 g/mol. The Bertz CT molecular complexity index is 1150. The molecule has 2 atom stereocenters. The van der Waals surface area contributed by atoms with Crippen LogP contribution in [-0.4, -0.2) is 94.9 Å². The van der Waals surface area contributed by atoms with Gasteiger partial charge in [-0.1, -0.05) is 25.7 Å². The number of piperidine rings is 1. The Morgan fingerprint density at radius 1 is 0.872 bits per heavy atom. The zero-order chi connectivity index (χ0) is 33.6. The maximum absolute atomic E-state index is 12.6. The van der Waals surface area contributed by atoms with Crippen LogP contribution in [-0.2, 0) is 18.9 Å². The number of unbranched alkanes of at least 4 members (excludes halogenated alkanes) is 4. The molecule has 1 saturated carbocycles. The molecule has 0 bridgehead atoms. The lowest BCUT2D eigenvalue weighted by atomic mass is 9.93. The lowest BCUT2D eigenvalue weighted by Crippen LogP contribution is -2.48. The van der Waals surface area contributed by atoms with E-state index in [1.54, 1.807) is 27.4 Å². The predicted molar refractivity (Wildman–Crippen MR) is 176 cm³/mol. The summed E-state index contributed by atoms with van der Waals surface area (Å²) in [6, 6.07) is 4.31. The molecule has 47 heavy (non-hydrogen) atoms. The molecule has 4 rings (SSSR count). The number of cyclic esters (lactones) is 1. The first-order valence-corrected chi connectivity index (χ1v) is 17.4. The van der Waals surface area contributed by atoms with E-state index in [1.165, 1.54) is 12.8 Å². The van der Waals surface area contributed by atoms with Crippen LogP contribution in [0.5, 0.6) is 11.5 Å². The van der Waals surface area contributed by atoms with Crippen LogP contribution in [0.25, 0.3) is 0 Å². The van der Waals surface area contributed by atoms with Crippen LogP contribution in [0.1, 0.15) is 112 Å². The van der Waals surface area contributed by atoms with Gasteiger partial charge in [0.1, 0.15) is 35.9 Å². The van der Waals surface area contributed by atoms with Crippen LogP contribution >= 0.6 is 0 Å². The molecule has 3 aliphatic rings. The van der Waals surface area contributed by atoms with E-state index < -0.39 is 6.09 Å². The lowest BCUT2D eigenvalue weighted by Gasteiger charge is -2.36. The molecule has 1 aliphatic carbocycles. The monoisotopic (exact) mass is 661 g/mol. The molecular formula is C35H55N3O9. The summed E-state index contributed by atoms with van der Waals surface area (Å²) in [4.78, 5) is 39.4. The first-order valence-electron chi connectivity index (χ1n) is 17.4. The molecule has 2 fully saturated rings. The Balaban J connectivity index is 1.02. The summed E-state index contributed by atoms with van der Waals surface area (Å²) in [5, 5.41) is 5.96. The molecule has 12 nitrogen and oxygen atoms in total. The van der Waals surface area contributed by atoms with E-state index >= 15 is 0 Å².